The molecule has 4 nitrogen and oxygen atoms in total. The molecular formula is C15H15ClN2O2. The summed E-state index contributed by atoms with van der Waals surface area (Å²) < 4.78 is 0. The Labute approximate surface area is 122 Å². The van der Waals surface area contributed by atoms with Crippen molar-refractivity contribution in [2.24, 2.45) is 0 Å². The van der Waals surface area contributed by atoms with Crippen molar-refractivity contribution >= 4 is 28.9 Å². The van der Waals surface area contributed by atoms with Crippen LogP contribution in [0.3, 0.4) is 0 Å². The number of nitrogens with two attached hydrogens (primary N) is 1. The molecule has 0 aliphatic rings. The average Bonchev–Trinajstić information content (AvgIpc) is 2.42. The highest BCUT2D eigenvalue weighted by Crippen LogP contribution is 2.19. The molecule has 20 heavy (non-hydrogen) atoms. The second kappa shape index (κ2) is 6.30. The summed E-state index contributed by atoms with van der Waals surface area (Å²) in [4.78, 5) is 11.1. The number of rotatable bonds is 5. The Balaban J connectivity index is 2.00. The zero-order valence-corrected chi connectivity index (χ0v) is 11.5. The first-order valence-corrected chi connectivity index (χ1v) is 6.55. The van der Waals surface area contributed by atoms with E-state index in [1.807, 2.05) is 24.3 Å². The van der Waals surface area contributed by atoms with Crippen LogP contribution in [0.15, 0.2) is 42.5 Å². The number of carboxylic acids is 1. The summed E-state index contributed by atoms with van der Waals surface area (Å²) in [6, 6.07) is 12.4. The fourth-order valence-electron chi connectivity index (χ4n) is 1.89. The zero-order valence-electron chi connectivity index (χ0n) is 10.8. The number of halogens is 1. The van der Waals surface area contributed by atoms with E-state index in [9.17, 15) is 4.79 Å². The maximum atomic E-state index is 11.1. The highest BCUT2D eigenvalue weighted by Gasteiger charge is 2.09. The summed E-state index contributed by atoms with van der Waals surface area (Å²) in [5.74, 6) is -0.994. The van der Waals surface area contributed by atoms with Gasteiger partial charge in [-0.15, -0.1) is 0 Å². The van der Waals surface area contributed by atoms with Crippen LogP contribution in [0.1, 0.15) is 15.9 Å². The summed E-state index contributed by atoms with van der Waals surface area (Å²) in [6.07, 6.45) is 0.778. The summed E-state index contributed by atoms with van der Waals surface area (Å²) in [6.45, 7) is 0.631. The van der Waals surface area contributed by atoms with Crippen molar-refractivity contribution in [3.63, 3.8) is 0 Å². The van der Waals surface area contributed by atoms with Gasteiger partial charge < -0.3 is 16.2 Å². The Morgan fingerprint density at radius 1 is 1.20 bits per heavy atom. The predicted molar refractivity (Wildman–Crippen MR) is 81.5 cm³/mol. The standard InChI is InChI=1S/C15H15ClN2O2/c16-11-3-1-10(2-4-11)7-8-18-14-6-5-12(17)9-13(14)15(19)20/h1-6,9,18H,7-8,17H2,(H,19,20). The highest BCUT2D eigenvalue weighted by molar-refractivity contribution is 6.30. The van der Waals surface area contributed by atoms with Gasteiger partial charge in [-0.1, -0.05) is 23.7 Å². The summed E-state index contributed by atoms with van der Waals surface area (Å²) >= 11 is 5.82. The van der Waals surface area contributed by atoms with Gasteiger partial charge in [0.2, 0.25) is 0 Å². The molecule has 0 saturated heterocycles. The van der Waals surface area contributed by atoms with E-state index in [0.29, 0.717) is 22.9 Å². The maximum absolute atomic E-state index is 11.1. The topological polar surface area (TPSA) is 75.3 Å². The molecule has 2 aromatic rings. The number of hydrogen-bond donors (Lipinski definition) is 3. The lowest BCUT2D eigenvalue weighted by molar-refractivity contribution is 0.0698. The fourth-order valence-corrected chi connectivity index (χ4v) is 2.01. The third kappa shape index (κ3) is 3.65. The van der Waals surface area contributed by atoms with Gasteiger partial charge in [-0.2, -0.15) is 0 Å². The van der Waals surface area contributed by atoms with Crippen molar-refractivity contribution in [1.29, 1.82) is 0 Å². The van der Waals surface area contributed by atoms with E-state index in [1.54, 1.807) is 12.1 Å². The molecule has 0 atom stereocenters. The van der Waals surface area contributed by atoms with E-state index in [2.05, 4.69) is 5.32 Å². The number of anilines is 2. The van der Waals surface area contributed by atoms with E-state index in [-0.39, 0.29) is 5.56 Å². The fraction of sp³-hybridized carbons (Fsp3) is 0.133. The van der Waals surface area contributed by atoms with Gasteiger partial charge in [0.05, 0.1) is 5.56 Å². The smallest absolute Gasteiger partial charge is 0.337 e. The molecule has 0 saturated carbocycles. The van der Waals surface area contributed by atoms with Crippen LogP contribution < -0.4 is 11.1 Å². The largest absolute Gasteiger partial charge is 0.478 e. The molecule has 0 spiro atoms. The molecule has 0 radical (unpaired) electrons. The lowest BCUT2D eigenvalue weighted by Crippen LogP contribution is -2.10. The Bertz CT molecular complexity index is 612. The Kier molecular flexibility index (Phi) is 4.48. The number of benzene rings is 2. The summed E-state index contributed by atoms with van der Waals surface area (Å²) in [5.41, 5.74) is 7.92. The number of nitrogens with one attached hydrogen (secondary N) is 1. The first-order valence-electron chi connectivity index (χ1n) is 6.17. The molecule has 2 rings (SSSR count). The van der Waals surface area contributed by atoms with Gasteiger partial charge in [-0.3, -0.25) is 0 Å². The van der Waals surface area contributed by atoms with Crippen LogP contribution in [0.25, 0.3) is 0 Å². The van der Waals surface area contributed by atoms with Gasteiger partial charge in [0.1, 0.15) is 0 Å². The van der Waals surface area contributed by atoms with E-state index < -0.39 is 5.97 Å². The number of aromatic carboxylic acids is 1. The lowest BCUT2D eigenvalue weighted by atomic mass is 10.1. The lowest BCUT2D eigenvalue weighted by Gasteiger charge is -2.10. The van der Waals surface area contributed by atoms with Crippen LogP contribution >= 0.6 is 11.6 Å². The second-order valence-corrected chi connectivity index (χ2v) is 4.85. The van der Waals surface area contributed by atoms with E-state index in [0.717, 1.165) is 12.0 Å². The number of hydrogen-bond acceptors (Lipinski definition) is 3. The van der Waals surface area contributed by atoms with Gasteiger partial charge in [-0.05, 0) is 42.3 Å². The monoisotopic (exact) mass is 290 g/mol. The normalized spacial score (nSPS) is 10.2. The van der Waals surface area contributed by atoms with Gasteiger partial charge in [0, 0.05) is 22.9 Å². The number of carbonyl (C=O) groups is 1. The van der Waals surface area contributed by atoms with Crippen molar-refractivity contribution in [2.75, 3.05) is 17.6 Å². The van der Waals surface area contributed by atoms with Crippen LogP contribution in [-0.4, -0.2) is 17.6 Å². The molecule has 0 aliphatic carbocycles. The minimum atomic E-state index is -0.994. The molecule has 5 heteroatoms. The number of carboxylic acid groups (broad SMARTS) is 1. The summed E-state index contributed by atoms with van der Waals surface area (Å²) in [7, 11) is 0. The van der Waals surface area contributed by atoms with Crippen molar-refractivity contribution in [3.05, 3.63) is 58.6 Å². The van der Waals surface area contributed by atoms with E-state index in [4.69, 9.17) is 22.4 Å². The van der Waals surface area contributed by atoms with Crippen LogP contribution in [-0.2, 0) is 6.42 Å². The van der Waals surface area contributed by atoms with Crippen LogP contribution in [0.4, 0.5) is 11.4 Å². The first-order chi connectivity index (χ1) is 9.56. The van der Waals surface area contributed by atoms with Crippen molar-refractivity contribution in [1.82, 2.24) is 0 Å². The van der Waals surface area contributed by atoms with Crippen molar-refractivity contribution in [2.45, 2.75) is 6.42 Å². The number of nitrogen functional groups attached to an aromatic ring is 1. The summed E-state index contributed by atoms with van der Waals surface area (Å²) in [5, 5.41) is 12.9. The van der Waals surface area contributed by atoms with Crippen LogP contribution in [0.5, 0.6) is 0 Å². The SMILES string of the molecule is Nc1ccc(NCCc2ccc(Cl)cc2)c(C(=O)O)c1. The Hall–Kier alpha value is -2.20. The van der Waals surface area contributed by atoms with Crippen LogP contribution in [0, 0.1) is 0 Å². The second-order valence-electron chi connectivity index (χ2n) is 4.41. The molecule has 2 aromatic carbocycles. The molecule has 0 heterocycles. The predicted octanol–water partition coefficient (Wildman–Crippen LogP) is 3.28. The molecule has 0 bridgehead atoms. The quantitative estimate of drug-likeness (QED) is 0.739. The average molecular weight is 291 g/mol. The van der Waals surface area contributed by atoms with Gasteiger partial charge in [-0.25, -0.2) is 4.79 Å². The Morgan fingerprint density at radius 3 is 2.55 bits per heavy atom. The van der Waals surface area contributed by atoms with Crippen molar-refractivity contribution in [3.8, 4) is 0 Å². The molecule has 104 valence electrons. The molecule has 0 fully saturated rings. The molecule has 0 aliphatic heterocycles. The minimum Gasteiger partial charge on any atom is -0.478 e. The van der Waals surface area contributed by atoms with Crippen molar-refractivity contribution < 1.29 is 9.90 Å². The zero-order chi connectivity index (χ0) is 14.5. The van der Waals surface area contributed by atoms with E-state index in [1.165, 1.54) is 6.07 Å². The molecule has 0 aromatic heterocycles. The molecular weight excluding hydrogens is 276 g/mol. The third-order valence-corrected chi connectivity index (χ3v) is 3.17. The van der Waals surface area contributed by atoms with Gasteiger partial charge >= 0.3 is 5.97 Å². The van der Waals surface area contributed by atoms with Gasteiger partial charge in [0.25, 0.3) is 0 Å². The molecule has 4 N–H and O–H groups in total. The maximum Gasteiger partial charge on any atom is 0.337 e. The van der Waals surface area contributed by atoms with Crippen LogP contribution in [0.2, 0.25) is 5.02 Å². The third-order valence-electron chi connectivity index (χ3n) is 2.92. The molecule has 0 unspecified atom stereocenters. The molecule has 0 amide bonds. The Morgan fingerprint density at radius 2 is 1.90 bits per heavy atom. The van der Waals surface area contributed by atoms with E-state index >= 15 is 0 Å². The minimum absolute atomic E-state index is 0.182. The highest BCUT2D eigenvalue weighted by atomic mass is 35.5. The first kappa shape index (κ1) is 14.2. The van der Waals surface area contributed by atoms with Gasteiger partial charge in [0.15, 0.2) is 0 Å².